The summed E-state index contributed by atoms with van der Waals surface area (Å²) in [5.41, 5.74) is 12.7. The van der Waals surface area contributed by atoms with Crippen LogP contribution in [0.5, 0.6) is 0 Å². The highest BCUT2D eigenvalue weighted by Gasteiger charge is 2.08. The average molecular weight is 545 g/mol. The molecule has 0 atom stereocenters. The molecule has 0 fully saturated rings. The van der Waals surface area contributed by atoms with E-state index < -0.39 is 0 Å². The Hall–Kier alpha value is -5.08. The van der Waals surface area contributed by atoms with Gasteiger partial charge in [0, 0.05) is 0 Å². The normalized spacial score (nSPS) is 11.9. The topological polar surface area (TPSA) is 25.8 Å². The molecule has 0 spiro atoms. The fraction of sp³-hybridized carbons (Fsp3) is 0.100. The third-order valence-corrected chi connectivity index (χ3v) is 6.91. The molecule has 1 aromatic heterocycles. The third kappa shape index (κ3) is 7.99. The molecule has 0 aliphatic rings. The van der Waals surface area contributed by atoms with Crippen molar-refractivity contribution in [1.29, 1.82) is 0 Å². The van der Waals surface area contributed by atoms with E-state index >= 15 is 0 Å². The molecular formula is C40H36N2. The van der Waals surface area contributed by atoms with Gasteiger partial charge in [0.25, 0.3) is 0 Å². The molecule has 2 heteroatoms. The van der Waals surface area contributed by atoms with E-state index in [1.54, 1.807) is 0 Å². The SMILES string of the molecule is Cc1cccc(C=Cc2nc(C=Cc3cccc(C)c3)c(C=Cc3cccc(C)c3)nc2C=Cc2cccc(C)c2)c1. The summed E-state index contributed by atoms with van der Waals surface area (Å²) in [7, 11) is 0. The fourth-order valence-electron chi connectivity index (χ4n) is 4.78. The Morgan fingerprint density at radius 1 is 0.333 bits per heavy atom. The Morgan fingerprint density at radius 3 is 0.786 bits per heavy atom. The molecule has 42 heavy (non-hydrogen) atoms. The number of benzene rings is 4. The minimum Gasteiger partial charge on any atom is -0.245 e. The minimum atomic E-state index is 0.817. The van der Waals surface area contributed by atoms with E-state index in [4.69, 9.17) is 9.97 Å². The molecule has 5 aromatic rings. The first kappa shape index (κ1) is 28.4. The molecule has 0 bridgehead atoms. The summed E-state index contributed by atoms with van der Waals surface area (Å²) in [6, 6.07) is 33.9. The van der Waals surface area contributed by atoms with Crippen molar-refractivity contribution in [3.05, 3.63) is 164 Å². The molecule has 0 N–H and O–H groups in total. The summed E-state index contributed by atoms with van der Waals surface area (Å²) in [6.07, 6.45) is 16.7. The van der Waals surface area contributed by atoms with E-state index in [1.165, 1.54) is 22.3 Å². The highest BCUT2D eigenvalue weighted by molar-refractivity contribution is 5.81. The van der Waals surface area contributed by atoms with Crippen LogP contribution in [0.2, 0.25) is 0 Å². The lowest BCUT2D eigenvalue weighted by Crippen LogP contribution is -2.00. The first-order valence-electron chi connectivity index (χ1n) is 14.3. The predicted octanol–water partition coefficient (Wildman–Crippen LogP) is 10.4. The van der Waals surface area contributed by atoms with Gasteiger partial charge in [-0.15, -0.1) is 0 Å². The van der Waals surface area contributed by atoms with E-state index in [0.29, 0.717) is 0 Å². The van der Waals surface area contributed by atoms with Crippen molar-refractivity contribution in [2.75, 3.05) is 0 Å². The molecular weight excluding hydrogens is 508 g/mol. The summed E-state index contributed by atoms with van der Waals surface area (Å²) in [4.78, 5) is 10.3. The molecule has 0 radical (unpaired) electrons. The Bertz CT molecular complexity index is 1550. The molecule has 1 heterocycles. The minimum absolute atomic E-state index is 0.817. The van der Waals surface area contributed by atoms with Gasteiger partial charge in [-0.05, 0) is 74.3 Å². The second-order valence-electron chi connectivity index (χ2n) is 10.8. The zero-order chi connectivity index (χ0) is 29.3. The molecule has 0 amide bonds. The largest absolute Gasteiger partial charge is 0.245 e. The van der Waals surface area contributed by atoms with Gasteiger partial charge < -0.3 is 0 Å². The van der Waals surface area contributed by atoms with Gasteiger partial charge in [-0.2, -0.15) is 0 Å². The molecule has 206 valence electrons. The summed E-state index contributed by atoms with van der Waals surface area (Å²) in [5.74, 6) is 0. The second-order valence-corrected chi connectivity index (χ2v) is 10.8. The van der Waals surface area contributed by atoms with E-state index in [9.17, 15) is 0 Å². The molecule has 0 aliphatic heterocycles. The Morgan fingerprint density at radius 2 is 0.571 bits per heavy atom. The van der Waals surface area contributed by atoms with E-state index in [-0.39, 0.29) is 0 Å². The molecule has 5 rings (SSSR count). The van der Waals surface area contributed by atoms with Crippen molar-refractivity contribution in [2.24, 2.45) is 0 Å². The summed E-state index contributed by atoms with van der Waals surface area (Å²) >= 11 is 0. The van der Waals surface area contributed by atoms with E-state index in [1.807, 2.05) is 0 Å². The second kappa shape index (κ2) is 13.5. The maximum absolute atomic E-state index is 5.17. The highest BCUT2D eigenvalue weighted by atomic mass is 14.8. The Kier molecular flexibility index (Phi) is 9.16. The van der Waals surface area contributed by atoms with Crippen molar-refractivity contribution in [3.63, 3.8) is 0 Å². The molecule has 0 saturated carbocycles. The summed E-state index contributed by atoms with van der Waals surface area (Å²) in [6.45, 7) is 8.43. The van der Waals surface area contributed by atoms with Crippen LogP contribution in [0.3, 0.4) is 0 Å². The van der Waals surface area contributed by atoms with Crippen LogP contribution in [0.15, 0.2) is 97.1 Å². The van der Waals surface area contributed by atoms with Gasteiger partial charge >= 0.3 is 0 Å². The number of hydrogen-bond donors (Lipinski definition) is 0. The van der Waals surface area contributed by atoms with E-state index in [2.05, 4.69) is 173 Å². The lowest BCUT2D eigenvalue weighted by molar-refractivity contribution is 1.12. The number of rotatable bonds is 8. The summed E-state index contributed by atoms with van der Waals surface area (Å²) in [5, 5.41) is 0. The van der Waals surface area contributed by atoms with Crippen LogP contribution >= 0.6 is 0 Å². The quantitative estimate of drug-likeness (QED) is 0.194. The van der Waals surface area contributed by atoms with Crippen molar-refractivity contribution in [1.82, 2.24) is 9.97 Å². The number of aromatic nitrogens is 2. The van der Waals surface area contributed by atoms with Crippen LogP contribution in [-0.4, -0.2) is 9.97 Å². The number of aryl methyl sites for hydroxylation is 4. The molecule has 0 aliphatic carbocycles. The van der Waals surface area contributed by atoms with Crippen LogP contribution in [0.1, 0.15) is 67.3 Å². The van der Waals surface area contributed by atoms with Crippen LogP contribution < -0.4 is 0 Å². The van der Waals surface area contributed by atoms with Crippen molar-refractivity contribution >= 4 is 48.6 Å². The average Bonchev–Trinajstić information content (AvgIpc) is 2.97. The van der Waals surface area contributed by atoms with Gasteiger partial charge in [-0.25, -0.2) is 9.97 Å². The van der Waals surface area contributed by atoms with Crippen LogP contribution in [-0.2, 0) is 0 Å². The Labute approximate surface area is 250 Å². The predicted molar refractivity (Wildman–Crippen MR) is 182 cm³/mol. The van der Waals surface area contributed by atoms with Gasteiger partial charge in [0.2, 0.25) is 0 Å². The third-order valence-electron chi connectivity index (χ3n) is 6.91. The molecule has 2 nitrogen and oxygen atoms in total. The molecule has 0 saturated heterocycles. The molecule has 4 aromatic carbocycles. The fourth-order valence-corrected chi connectivity index (χ4v) is 4.78. The van der Waals surface area contributed by atoms with Crippen LogP contribution in [0.4, 0.5) is 0 Å². The van der Waals surface area contributed by atoms with E-state index in [0.717, 1.165) is 45.0 Å². The van der Waals surface area contributed by atoms with Crippen LogP contribution in [0.25, 0.3) is 48.6 Å². The molecule has 0 unspecified atom stereocenters. The summed E-state index contributed by atoms with van der Waals surface area (Å²) < 4.78 is 0. The first-order chi connectivity index (χ1) is 20.4. The van der Waals surface area contributed by atoms with Crippen LogP contribution in [0, 0.1) is 27.7 Å². The zero-order valence-electron chi connectivity index (χ0n) is 24.8. The van der Waals surface area contributed by atoms with Crippen molar-refractivity contribution < 1.29 is 0 Å². The zero-order valence-corrected chi connectivity index (χ0v) is 24.8. The van der Waals surface area contributed by atoms with Crippen molar-refractivity contribution in [2.45, 2.75) is 27.7 Å². The Balaban J connectivity index is 1.63. The number of nitrogens with zero attached hydrogens (tertiary/aromatic N) is 2. The lowest BCUT2D eigenvalue weighted by atomic mass is 10.1. The first-order valence-corrected chi connectivity index (χ1v) is 14.3. The van der Waals surface area contributed by atoms with Crippen molar-refractivity contribution in [3.8, 4) is 0 Å². The van der Waals surface area contributed by atoms with Gasteiger partial charge in [-0.3, -0.25) is 0 Å². The highest BCUT2D eigenvalue weighted by Crippen LogP contribution is 2.21. The maximum Gasteiger partial charge on any atom is 0.0894 e. The lowest BCUT2D eigenvalue weighted by Gasteiger charge is -2.08. The standard InChI is InChI=1S/C40H36N2/c1-29-9-5-13-33(25-29)17-21-37-38(22-18-34-14-6-10-30(2)26-34)42-40(24-20-36-16-8-12-32(4)28-36)39(41-37)23-19-35-15-7-11-31(3)27-35/h5-28H,1-4H3. The van der Waals surface area contributed by atoms with Gasteiger partial charge in [0.05, 0.1) is 22.8 Å². The van der Waals surface area contributed by atoms with Gasteiger partial charge in [-0.1, -0.05) is 144 Å². The smallest absolute Gasteiger partial charge is 0.0894 e. The number of hydrogen-bond acceptors (Lipinski definition) is 2. The maximum atomic E-state index is 5.17. The van der Waals surface area contributed by atoms with Gasteiger partial charge in [0.15, 0.2) is 0 Å². The van der Waals surface area contributed by atoms with Gasteiger partial charge in [0.1, 0.15) is 0 Å². The monoisotopic (exact) mass is 544 g/mol.